The minimum atomic E-state index is -4.20. The molecule has 2 atom stereocenters. The Morgan fingerprint density at radius 3 is 2.50 bits per heavy atom. The highest BCUT2D eigenvalue weighted by atomic mass is 19.4. The van der Waals surface area contributed by atoms with Gasteiger partial charge in [0.15, 0.2) is 0 Å². The third kappa shape index (κ3) is 3.23. The van der Waals surface area contributed by atoms with Gasteiger partial charge in [0.1, 0.15) is 0 Å². The summed E-state index contributed by atoms with van der Waals surface area (Å²) < 4.78 is 38.4. The van der Waals surface area contributed by atoms with Crippen molar-refractivity contribution in [1.29, 1.82) is 0 Å². The predicted molar refractivity (Wildman–Crippen MR) is 63.9 cm³/mol. The first-order valence-electron chi connectivity index (χ1n) is 6.05. The van der Waals surface area contributed by atoms with E-state index in [4.69, 9.17) is 5.73 Å². The maximum atomic E-state index is 12.8. The molecular formula is C13H17F3N2. The van der Waals surface area contributed by atoms with Crippen LogP contribution in [0.3, 0.4) is 0 Å². The minimum absolute atomic E-state index is 0.000436. The van der Waals surface area contributed by atoms with E-state index in [0.717, 1.165) is 5.56 Å². The topological polar surface area (TPSA) is 29.3 Å². The van der Waals surface area contributed by atoms with E-state index in [0.29, 0.717) is 19.5 Å². The number of nitrogens with two attached hydrogens (primary N) is 1. The zero-order valence-corrected chi connectivity index (χ0v) is 10.0. The molecule has 1 heterocycles. The lowest BCUT2D eigenvalue weighted by atomic mass is 9.92. The van der Waals surface area contributed by atoms with E-state index in [1.165, 1.54) is 0 Å². The number of hydrogen-bond donors (Lipinski definition) is 1. The molecule has 5 heteroatoms. The van der Waals surface area contributed by atoms with Crippen LogP contribution in [0, 0.1) is 5.92 Å². The van der Waals surface area contributed by atoms with Gasteiger partial charge in [0.2, 0.25) is 0 Å². The molecule has 1 aliphatic heterocycles. The van der Waals surface area contributed by atoms with Crippen LogP contribution in [-0.2, 0) is 6.54 Å². The van der Waals surface area contributed by atoms with E-state index in [1.807, 2.05) is 35.2 Å². The molecule has 1 aliphatic rings. The molecule has 18 heavy (non-hydrogen) atoms. The quantitative estimate of drug-likeness (QED) is 0.882. The molecule has 1 aromatic rings. The first kappa shape index (κ1) is 13.4. The molecule has 0 spiro atoms. The molecule has 0 saturated carbocycles. The van der Waals surface area contributed by atoms with Crippen molar-refractivity contribution in [3.8, 4) is 0 Å². The highest BCUT2D eigenvalue weighted by Gasteiger charge is 2.45. The number of likely N-dealkylation sites (tertiary alicyclic amines) is 1. The van der Waals surface area contributed by atoms with Crippen LogP contribution in [0.15, 0.2) is 30.3 Å². The summed E-state index contributed by atoms with van der Waals surface area (Å²) in [7, 11) is 0. The summed E-state index contributed by atoms with van der Waals surface area (Å²) >= 11 is 0. The Kier molecular flexibility index (Phi) is 3.92. The lowest BCUT2D eigenvalue weighted by Crippen LogP contribution is -2.52. The Hall–Kier alpha value is -1.07. The zero-order chi connectivity index (χ0) is 13.2. The van der Waals surface area contributed by atoms with Gasteiger partial charge in [-0.05, 0) is 18.5 Å². The van der Waals surface area contributed by atoms with Gasteiger partial charge in [0.05, 0.1) is 5.92 Å². The highest BCUT2D eigenvalue weighted by molar-refractivity contribution is 5.14. The molecule has 0 unspecified atom stereocenters. The van der Waals surface area contributed by atoms with Crippen LogP contribution >= 0.6 is 0 Å². The second-order valence-corrected chi connectivity index (χ2v) is 4.82. The first-order chi connectivity index (χ1) is 8.47. The monoisotopic (exact) mass is 258 g/mol. The van der Waals surface area contributed by atoms with Gasteiger partial charge in [0.25, 0.3) is 0 Å². The molecule has 0 amide bonds. The fraction of sp³-hybridized carbons (Fsp3) is 0.538. The number of halogens is 3. The fourth-order valence-electron chi connectivity index (χ4n) is 2.37. The fourth-order valence-corrected chi connectivity index (χ4v) is 2.37. The van der Waals surface area contributed by atoms with Crippen LogP contribution < -0.4 is 5.73 Å². The second-order valence-electron chi connectivity index (χ2n) is 4.82. The van der Waals surface area contributed by atoms with Crippen LogP contribution in [0.5, 0.6) is 0 Å². The Bertz CT molecular complexity index is 378. The first-order valence-corrected chi connectivity index (χ1v) is 6.05. The van der Waals surface area contributed by atoms with Crippen molar-refractivity contribution in [3.05, 3.63) is 35.9 Å². The molecular weight excluding hydrogens is 241 g/mol. The van der Waals surface area contributed by atoms with Gasteiger partial charge in [0, 0.05) is 19.1 Å². The highest BCUT2D eigenvalue weighted by Crippen LogP contribution is 2.32. The number of nitrogens with zero attached hydrogens (tertiary/aromatic N) is 1. The van der Waals surface area contributed by atoms with Crippen molar-refractivity contribution in [2.75, 3.05) is 13.1 Å². The summed E-state index contributed by atoms with van der Waals surface area (Å²) in [4.78, 5) is 1.83. The number of piperidine rings is 1. The summed E-state index contributed by atoms with van der Waals surface area (Å²) in [6.45, 7) is 1.18. The predicted octanol–water partition coefficient (Wildman–Crippen LogP) is 2.40. The van der Waals surface area contributed by atoms with Gasteiger partial charge in [-0.25, -0.2) is 0 Å². The molecule has 0 bridgehead atoms. The summed E-state index contributed by atoms with van der Waals surface area (Å²) in [6.07, 6.45) is -3.80. The van der Waals surface area contributed by atoms with Gasteiger partial charge in [-0.2, -0.15) is 13.2 Å². The standard InChI is InChI=1S/C13H17F3N2/c14-13(15,16)11-9-18(7-6-12(11)17)8-10-4-2-1-3-5-10/h1-5,11-12H,6-9,17H2/t11-,12+/m1/s1. The molecule has 2 N–H and O–H groups in total. The molecule has 1 aromatic carbocycles. The second kappa shape index (κ2) is 5.28. The van der Waals surface area contributed by atoms with Crippen LogP contribution in [0.25, 0.3) is 0 Å². The normalized spacial score (nSPS) is 26.2. The number of rotatable bonds is 2. The Morgan fingerprint density at radius 2 is 1.89 bits per heavy atom. The molecule has 1 saturated heterocycles. The van der Waals surface area contributed by atoms with Crippen molar-refractivity contribution in [1.82, 2.24) is 4.90 Å². The number of alkyl halides is 3. The SMILES string of the molecule is N[C@H]1CCN(Cc2ccccc2)C[C@H]1C(F)(F)F. The largest absolute Gasteiger partial charge is 0.394 e. The summed E-state index contributed by atoms with van der Waals surface area (Å²) in [6, 6.07) is 8.78. The van der Waals surface area contributed by atoms with E-state index in [1.54, 1.807) is 0 Å². The van der Waals surface area contributed by atoms with Crippen LogP contribution in [0.1, 0.15) is 12.0 Å². The van der Waals surface area contributed by atoms with Crippen molar-refractivity contribution in [3.63, 3.8) is 0 Å². The van der Waals surface area contributed by atoms with E-state index < -0.39 is 18.1 Å². The van der Waals surface area contributed by atoms with Crippen LogP contribution in [-0.4, -0.2) is 30.2 Å². The van der Waals surface area contributed by atoms with Gasteiger partial charge >= 0.3 is 6.18 Å². The average molecular weight is 258 g/mol. The van der Waals surface area contributed by atoms with E-state index >= 15 is 0 Å². The third-order valence-corrected chi connectivity index (χ3v) is 3.42. The summed E-state index contributed by atoms with van der Waals surface area (Å²) in [5.41, 5.74) is 6.61. The van der Waals surface area contributed by atoms with Gasteiger partial charge < -0.3 is 5.73 Å². The van der Waals surface area contributed by atoms with Crippen molar-refractivity contribution in [2.24, 2.45) is 11.7 Å². The Morgan fingerprint density at radius 1 is 1.22 bits per heavy atom. The zero-order valence-electron chi connectivity index (χ0n) is 10.0. The molecule has 0 aliphatic carbocycles. The molecule has 0 radical (unpaired) electrons. The molecule has 2 nitrogen and oxygen atoms in total. The van der Waals surface area contributed by atoms with Gasteiger partial charge in [-0.3, -0.25) is 4.90 Å². The van der Waals surface area contributed by atoms with Crippen molar-refractivity contribution < 1.29 is 13.2 Å². The summed E-state index contributed by atoms with van der Waals surface area (Å²) in [5, 5.41) is 0. The van der Waals surface area contributed by atoms with Crippen molar-refractivity contribution >= 4 is 0 Å². The molecule has 1 fully saturated rings. The average Bonchev–Trinajstić information content (AvgIpc) is 2.31. The van der Waals surface area contributed by atoms with Crippen LogP contribution in [0.4, 0.5) is 13.2 Å². The van der Waals surface area contributed by atoms with Gasteiger partial charge in [-0.15, -0.1) is 0 Å². The smallest absolute Gasteiger partial charge is 0.327 e. The molecule has 100 valence electrons. The van der Waals surface area contributed by atoms with Crippen LogP contribution in [0.2, 0.25) is 0 Å². The summed E-state index contributed by atoms with van der Waals surface area (Å²) in [5.74, 6) is -1.41. The Labute approximate surface area is 105 Å². The maximum absolute atomic E-state index is 12.8. The van der Waals surface area contributed by atoms with Crippen molar-refractivity contribution in [2.45, 2.75) is 25.2 Å². The Balaban J connectivity index is 2.00. The lowest BCUT2D eigenvalue weighted by molar-refractivity contribution is -0.191. The number of hydrogen-bond acceptors (Lipinski definition) is 2. The maximum Gasteiger partial charge on any atom is 0.394 e. The van der Waals surface area contributed by atoms with E-state index in [9.17, 15) is 13.2 Å². The lowest BCUT2D eigenvalue weighted by Gasteiger charge is -2.37. The van der Waals surface area contributed by atoms with E-state index in [-0.39, 0.29) is 6.54 Å². The number of benzene rings is 1. The van der Waals surface area contributed by atoms with Gasteiger partial charge in [-0.1, -0.05) is 30.3 Å². The minimum Gasteiger partial charge on any atom is -0.327 e. The molecule has 0 aromatic heterocycles. The third-order valence-electron chi connectivity index (χ3n) is 3.42. The molecule has 2 rings (SSSR count). The van der Waals surface area contributed by atoms with E-state index in [2.05, 4.69) is 0 Å².